The summed E-state index contributed by atoms with van der Waals surface area (Å²) in [7, 11) is 6.22. The van der Waals surface area contributed by atoms with E-state index in [1.807, 2.05) is 37.2 Å². The molecule has 3 heterocycles. The van der Waals surface area contributed by atoms with Crippen LogP contribution in [0.5, 0.6) is 0 Å². The number of fused-ring (bicyclic) bond motifs is 1. The minimum atomic E-state index is -0.265. The number of piperazine rings is 1. The van der Waals surface area contributed by atoms with E-state index in [-0.39, 0.29) is 28.8 Å². The van der Waals surface area contributed by atoms with E-state index < -0.39 is 0 Å². The number of benzene rings is 2. The van der Waals surface area contributed by atoms with Gasteiger partial charge in [0.2, 0.25) is 11.8 Å². The van der Waals surface area contributed by atoms with Gasteiger partial charge >= 0.3 is 0 Å². The SMILES string of the molecule is C[C@H](CC(=O)N1CCC(Cn2cnc3cc(NC(=O)CCN4CCN(C)CC4)ccc3c2=O)(N(C)C)CC1)c1ccccc1. The van der Waals surface area contributed by atoms with Crippen LogP contribution in [-0.4, -0.2) is 113 Å². The van der Waals surface area contributed by atoms with Gasteiger partial charge in [-0.3, -0.25) is 19.0 Å². The predicted octanol–water partition coefficient (Wildman–Crippen LogP) is 3.09. The highest BCUT2D eigenvalue weighted by Gasteiger charge is 2.38. The van der Waals surface area contributed by atoms with Gasteiger partial charge < -0.3 is 24.9 Å². The Hall–Kier alpha value is -3.60. The molecule has 3 aromatic rings. The van der Waals surface area contributed by atoms with Crippen LogP contribution in [0.15, 0.2) is 59.7 Å². The Kier molecular flexibility index (Phi) is 10.1. The van der Waals surface area contributed by atoms with E-state index in [1.165, 1.54) is 5.56 Å². The number of carbonyl (C=O) groups is 2. The molecule has 0 radical (unpaired) electrons. The van der Waals surface area contributed by atoms with E-state index in [1.54, 1.807) is 29.1 Å². The maximum absolute atomic E-state index is 13.6. The lowest BCUT2D eigenvalue weighted by Gasteiger charge is -2.46. The van der Waals surface area contributed by atoms with E-state index in [0.717, 1.165) is 45.6 Å². The van der Waals surface area contributed by atoms with E-state index in [0.29, 0.717) is 49.1 Å². The van der Waals surface area contributed by atoms with Crippen molar-refractivity contribution in [1.82, 2.24) is 29.2 Å². The first kappa shape index (κ1) is 31.8. The lowest BCUT2D eigenvalue weighted by atomic mass is 9.85. The molecule has 0 unspecified atom stereocenters. The van der Waals surface area contributed by atoms with Crippen LogP contribution < -0.4 is 10.9 Å². The molecule has 236 valence electrons. The summed E-state index contributed by atoms with van der Waals surface area (Å²) in [5.41, 5.74) is 2.03. The van der Waals surface area contributed by atoms with Gasteiger partial charge in [0.25, 0.3) is 5.56 Å². The fourth-order valence-electron chi connectivity index (χ4n) is 6.43. The van der Waals surface area contributed by atoms with Gasteiger partial charge in [-0.1, -0.05) is 37.3 Å². The Morgan fingerprint density at radius 3 is 2.39 bits per heavy atom. The second-order valence-electron chi connectivity index (χ2n) is 12.9. The van der Waals surface area contributed by atoms with Crippen LogP contribution in [0.25, 0.3) is 10.9 Å². The summed E-state index contributed by atoms with van der Waals surface area (Å²) in [5, 5.41) is 3.50. The van der Waals surface area contributed by atoms with Gasteiger partial charge in [-0.05, 0) is 63.7 Å². The van der Waals surface area contributed by atoms with Gasteiger partial charge in [0, 0.05) is 76.4 Å². The number of rotatable bonds is 10. The molecule has 10 nitrogen and oxygen atoms in total. The molecular formula is C34H47N7O3. The third kappa shape index (κ3) is 7.54. The summed E-state index contributed by atoms with van der Waals surface area (Å²) in [5.74, 6) is 0.312. The second kappa shape index (κ2) is 14.0. The first-order chi connectivity index (χ1) is 21.1. The molecule has 44 heavy (non-hydrogen) atoms. The highest BCUT2D eigenvalue weighted by molar-refractivity contribution is 5.93. The minimum Gasteiger partial charge on any atom is -0.343 e. The number of anilines is 1. The van der Waals surface area contributed by atoms with Crippen molar-refractivity contribution in [2.75, 3.05) is 72.3 Å². The van der Waals surface area contributed by atoms with Gasteiger partial charge in [0.15, 0.2) is 0 Å². The summed E-state index contributed by atoms with van der Waals surface area (Å²) < 4.78 is 1.70. The Balaban J connectivity index is 1.19. The van der Waals surface area contributed by atoms with Crippen molar-refractivity contribution in [3.63, 3.8) is 0 Å². The van der Waals surface area contributed by atoms with Crippen LogP contribution in [0.2, 0.25) is 0 Å². The molecule has 10 heteroatoms. The monoisotopic (exact) mass is 601 g/mol. The van der Waals surface area contributed by atoms with E-state index in [4.69, 9.17) is 0 Å². The molecular weight excluding hydrogens is 554 g/mol. The largest absolute Gasteiger partial charge is 0.343 e. The maximum Gasteiger partial charge on any atom is 0.261 e. The number of hydrogen-bond acceptors (Lipinski definition) is 7. The number of aromatic nitrogens is 2. The fraction of sp³-hybridized carbons (Fsp3) is 0.529. The van der Waals surface area contributed by atoms with Gasteiger partial charge in [-0.2, -0.15) is 0 Å². The first-order valence-electron chi connectivity index (χ1n) is 15.8. The Bertz CT molecular complexity index is 1490. The van der Waals surface area contributed by atoms with E-state index in [2.05, 4.69) is 51.1 Å². The zero-order valence-corrected chi connectivity index (χ0v) is 26.7. The topological polar surface area (TPSA) is 94.0 Å². The van der Waals surface area contributed by atoms with Gasteiger partial charge in [-0.15, -0.1) is 0 Å². The molecule has 1 N–H and O–H groups in total. The van der Waals surface area contributed by atoms with Crippen LogP contribution in [0, 0.1) is 0 Å². The average Bonchev–Trinajstić information content (AvgIpc) is 3.02. The number of hydrogen-bond donors (Lipinski definition) is 1. The molecule has 0 aliphatic carbocycles. The summed E-state index contributed by atoms with van der Waals surface area (Å²) in [4.78, 5) is 52.7. The van der Waals surface area contributed by atoms with Crippen molar-refractivity contribution in [2.45, 2.75) is 50.6 Å². The second-order valence-corrected chi connectivity index (χ2v) is 12.9. The summed E-state index contributed by atoms with van der Waals surface area (Å²) in [6, 6.07) is 15.5. The number of likely N-dealkylation sites (N-methyl/N-ethyl adjacent to an activating group) is 2. The van der Waals surface area contributed by atoms with Gasteiger partial charge in [-0.25, -0.2) is 4.98 Å². The minimum absolute atomic E-state index is 0.0381. The predicted molar refractivity (Wildman–Crippen MR) is 175 cm³/mol. The van der Waals surface area contributed by atoms with Crippen LogP contribution in [0.4, 0.5) is 5.69 Å². The van der Waals surface area contributed by atoms with E-state index >= 15 is 0 Å². The standard InChI is InChI=1S/C34H47N7O3/c1-26(27-8-6-5-7-9-27)22-32(43)40-16-13-34(14-17-40,37(2)3)24-41-25-35-30-23-28(10-11-29(30)33(41)44)36-31(42)12-15-39-20-18-38(4)19-21-39/h5-11,23,25-26H,12-22,24H2,1-4H3,(H,36,42)/t26-/m1/s1. The van der Waals surface area contributed by atoms with Gasteiger partial charge in [0.05, 0.1) is 17.2 Å². The van der Waals surface area contributed by atoms with Crippen molar-refractivity contribution in [3.05, 3.63) is 70.8 Å². The number of carbonyl (C=O) groups excluding carboxylic acids is 2. The third-order valence-corrected chi connectivity index (χ3v) is 9.67. The quantitative estimate of drug-likeness (QED) is 0.382. The molecule has 2 fully saturated rings. The fourth-order valence-corrected chi connectivity index (χ4v) is 6.43. The van der Waals surface area contributed by atoms with Crippen LogP contribution >= 0.6 is 0 Å². The normalized spacial score (nSPS) is 18.4. The highest BCUT2D eigenvalue weighted by atomic mass is 16.2. The van der Waals surface area contributed by atoms with Gasteiger partial charge in [0.1, 0.15) is 0 Å². The average molecular weight is 602 g/mol. The number of likely N-dealkylation sites (tertiary alicyclic amines) is 1. The number of amides is 2. The Labute approximate surface area is 260 Å². The van der Waals surface area contributed by atoms with Crippen molar-refractivity contribution in [1.29, 1.82) is 0 Å². The van der Waals surface area contributed by atoms with Crippen LogP contribution in [-0.2, 0) is 16.1 Å². The molecule has 2 saturated heterocycles. The number of nitrogens with one attached hydrogen (secondary N) is 1. The molecule has 1 atom stereocenters. The van der Waals surface area contributed by atoms with Crippen LogP contribution in [0.3, 0.4) is 0 Å². The zero-order chi connectivity index (χ0) is 31.3. The molecule has 0 saturated carbocycles. The summed E-state index contributed by atoms with van der Waals surface area (Å²) in [6.45, 7) is 8.67. The highest BCUT2D eigenvalue weighted by Crippen LogP contribution is 2.30. The first-order valence-corrected chi connectivity index (χ1v) is 15.8. The number of piperidine rings is 1. The molecule has 0 spiro atoms. The zero-order valence-electron chi connectivity index (χ0n) is 26.7. The molecule has 2 aliphatic rings. The Morgan fingerprint density at radius 1 is 1.00 bits per heavy atom. The van der Waals surface area contributed by atoms with Crippen molar-refractivity contribution >= 4 is 28.4 Å². The molecule has 5 rings (SSSR count). The lowest BCUT2D eigenvalue weighted by Crippen LogP contribution is -2.56. The molecule has 2 aromatic carbocycles. The summed E-state index contributed by atoms with van der Waals surface area (Å²) in [6.07, 6.45) is 4.09. The molecule has 1 aromatic heterocycles. The third-order valence-electron chi connectivity index (χ3n) is 9.67. The van der Waals surface area contributed by atoms with Crippen LogP contribution in [0.1, 0.15) is 44.1 Å². The number of nitrogens with zero attached hydrogens (tertiary/aromatic N) is 6. The maximum atomic E-state index is 13.6. The molecule has 2 amide bonds. The summed E-state index contributed by atoms with van der Waals surface area (Å²) >= 11 is 0. The van der Waals surface area contributed by atoms with Crippen molar-refractivity contribution < 1.29 is 9.59 Å². The van der Waals surface area contributed by atoms with E-state index in [9.17, 15) is 14.4 Å². The Morgan fingerprint density at radius 2 is 1.70 bits per heavy atom. The molecule has 0 bridgehead atoms. The smallest absolute Gasteiger partial charge is 0.261 e. The molecule has 2 aliphatic heterocycles. The van der Waals surface area contributed by atoms with Crippen molar-refractivity contribution in [3.8, 4) is 0 Å². The lowest BCUT2D eigenvalue weighted by molar-refractivity contribution is -0.134. The van der Waals surface area contributed by atoms with Crippen molar-refractivity contribution in [2.24, 2.45) is 0 Å².